The smallest absolute Gasteiger partial charge is 0.128 e. The molecule has 4 heteroatoms. The van der Waals surface area contributed by atoms with Crippen molar-refractivity contribution in [3.8, 4) is 0 Å². The van der Waals surface area contributed by atoms with E-state index in [0.29, 0.717) is 23.7 Å². The van der Waals surface area contributed by atoms with E-state index in [2.05, 4.69) is 25.1 Å². The molecule has 2 N–H and O–H groups in total. The molecule has 0 bridgehead atoms. The minimum absolute atomic E-state index is 0.204. The van der Waals surface area contributed by atoms with Crippen molar-refractivity contribution >= 4 is 11.6 Å². The molecule has 2 aromatic rings. The van der Waals surface area contributed by atoms with Gasteiger partial charge in [-0.15, -0.1) is 0 Å². The number of rotatable bonds is 5. The molecule has 2 nitrogen and oxygen atoms in total. The second-order valence-electron chi connectivity index (χ2n) is 5.32. The molecule has 0 saturated heterocycles. The van der Waals surface area contributed by atoms with Crippen LogP contribution in [0.2, 0.25) is 5.02 Å². The molecule has 112 valence electrons. The molecule has 0 aromatic heterocycles. The average molecular weight is 307 g/mol. The van der Waals surface area contributed by atoms with Crippen LogP contribution in [0.25, 0.3) is 0 Å². The third-order valence-electron chi connectivity index (χ3n) is 3.59. The fourth-order valence-electron chi connectivity index (χ4n) is 2.52. The van der Waals surface area contributed by atoms with Gasteiger partial charge in [0.15, 0.2) is 0 Å². The summed E-state index contributed by atoms with van der Waals surface area (Å²) < 4.78 is 14.0. The summed E-state index contributed by atoms with van der Waals surface area (Å²) in [7, 11) is 1.94. The lowest BCUT2D eigenvalue weighted by Crippen LogP contribution is -2.30. The van der Waals surface area contributed by atoms with Crippen molar-refractivity contribution in [1.82, 2.24) is 4.90 Å². The number of nitrogens with zero attached hydrogens (tertiary/aromatic N) is 1. The van der Waals surface area contributed by atoms with Crippen LogP contribution in [0.4, 0.5) is 4.39 Å². The molecular weight excluding hydrogens is 287 g/mol. The molecule has 0 fully saturated rings. The van der Waals surface area contributed by atoms with Crippen LogP contribution in [-0.2, 0) is 6.54 Å². The molecule has 1 atom stereocenters. The van der Waals surface area contributed by atoms with Gasteiger partial charge < -0.3 is 5.73 Å². The predicted octanol–water partition coefficient (Wildman–Crippen LogP) is 3.92. The lowest BCUT2D eigenvalue weighted by molar-refractivity contribution is 0.236. The second-order valence-corrected chi connectivity index (χ2v) is 5.76. The quantitative estimate of drug-likeness (QED) is 0.907. The summed E-state index contributed by atoms with van der Waals surface area (Å²) in [6, 6.07) is 12.7. The zero-order valence-electron chi connectivity index (χ0n) is 12.3. The van der Waals surface area contributed by atoms with Crippen molar-refractivity contribution in [2.24, 2.45) is 5.73 Å². The van der Waals surface area contributed by atoms with Gasteiger partial charge in [0.1, 0.15) is 5.82 Å². The fraction of sp³-hybridized carbons (Fsp3) is 0.294. The Hall–Kier alpha value is -1.42. The van der Waals surface area contributed by atoms with E-state index in [1.54, 1.807) is 12.1 Å². The zero-order chi connectivity index (χ0) is 15.4. The molecule has 0 aliphatic heterocycles. The first-order valence-electron chi connectivity index (χ1n) is 6.92. The molecule has 2 rings (SSSR count). The fourth-order valence-corrected chi connectivity index (χ4v) is 2.70. The molecule has 0 radical (unpaired) electrons. The lowest BCUT2D eigenvalue weighted by atomic mass is 10.0. The van der Waals surface area contributed by atoms with Gasteiger partial charge in [-0.05, 0) is 37.7 Å². The molecule has 1 unspecified atom stereocenters. The van der Waals surface area contributed by atoms with E-state index in [-0.39, 0.29) is 11.9 Å². The molecular formula is C17H20ClFN2. The highest BCUT2D eigenvalue weighted by Crippen LogP contribution is 2.26. The van der Waals surface area contributed by atoms with E-state index in [1.165, 1.54) is 17.2 Å². The summed E-state index contributed by atoms with van der Waals surface area (Å²) in [6.07, 6.45) is 0. The van der Waals surface area contributed by atoms with E-state index >= 15 is 0 Å². The highest BCUT2D eigenvalue weighted by molar-refractivity contribution is 6.30. The number of hydrogen-bond donors (Lipinski definition) is 1. The maximum atomic E-state index is 14.0. The SMILES string of the molecule is Cc1cccc(CN(C)C(CN)c2cc(Cl)ccc2F)c1. The van der Waals surface area contributed by atoms with E-state index in [4.69, 9.17) is 17.3 Å². The van der Waals surface area contributed by atoms with Crippen LogP contribution in [0.5, 0.6) is 0 Å². The summed E-state index contributed by atoms with van der Waals surface area (Å²) in [5, 5.41) is 0.522. The number of likely N-dealkylation sites (N-methyl/N-ethyl adjacent to an activating group) is 1. The molecule has 2 aromatic carbocycles. The van der Waals surface area contributed by atoms with Crippen LogP contribution in [0, 0.1) is 12.7 Å². The highest BCUT2D eigenvalue weighted by atomic mass is 35.5. The lowest BCUT2D eigenvalue weighted by Gasteiger charge is -2.28. The van der Waals surface area contributed by atoms with E-state index < -0.39 is 0 Å². The maximum Gasteiger partial charge on any atom is 0.128 e. The first-order valence-corrected chi connectivity index (χ1v) is 7.30. The number of nitrogens with two attached hydrogens (primary N) is 1. The van der Waals surface area contributed by atoms with Gasteiger partial charge in [-0.3, -0.25) is 4.90 Å². The Balaban J connectivity index is 2.22. The molecule has 0 aliphatic rings. The Labute approximate surface area is 130 Å². The number of aryl methyl sites for hydroxylation is 1. The Kier molecular flexibility index (Phi) is 5.34. The molecule has 0 aliphatic carbocycles. The normalized spacial score (nSPS) is 12.7. The van der Waals surface area contributed by atoms with E-state index in [9.17, 15) is 4.39 Å². The summed E-state index contributed by atoms with van der Waals surface area (Å²) in [5.41, 5.74) is 8.79. The Bertz CT molecular complexity index is 615. The molecule has 0 saturated carbocycles. The first-order chi connectivity index (χ1) is 10.0. The first kappa shape index (κ1) is 16.0. The average Bonchev–Trinajstić information content (AvgIpc) is 2.43. The van der Waals surface area contributed by atoms with Crippen molar-refractivity contribution < 1.29 is 4.39 Å². The highest BCUT2D eigenvalue weighted by Gasteiger charge is 2.19. The summed E-state index contributed by atoms with van der Waals surface area (Å²) in [6.45, 7) is 3.09. The Morgan fingerprint density at radius 1 is 1.24 bits per heavy atom. The largest absolute Gasteiger partial charge is 0.329 e. The molecule has 0 amide bonds. The molecule has 0 heterocycles. The third kappa shape index (κ3) is 4.03. The van der Waals surface area contributed by atoms with Crippen LogP contribution in [0.15, 0.2) is 42.5 Å². The Morgan fingerprint density at radius 2 is 2.00 bits per heavy atom. The standard InChI is InChI=1S/C17H20ClFN2/c1-12-4-3-5-13(8-12)11-21(2)17(10-20)15-9-14(18)6-7-16(15)19/h3-9,17H,10-11,20H2,1-2H3. The molecule has 21 heavy (non-hydrogen) atoms. The van der Waals surface area contributed by atoms with Gasteiger partial charge in [0.25, 0.3) is 0 Å². The minimum Gasteiger partial charge on any atom is -0.329 e. The van der Waals surface area contributed by atoms with Gasteiger partial charge in [0.2, 0.25) is 0 Å². The summed E-state index contributed by atoms with van der Waals surface area (Å²) in [5.74, 6) is -0.272. The van der Waals surface area contributed by atoms with Gasteiger partial charge in [-0.1, -0.05) is 41.4 Å². The summed E-state index contributed by atoms with van der Waals surface area (Å²) in [4.78, 5) is 2.05. The van der Waals surface area contributed by atoms with Crippen LogP contribution in [-0.4, -0.2) is 18.5 Å². The minimum atomic E-state index is -0.272. The topological polar surface area (TPSA) is 29.3 Å². The van der Waals surface area contributed by atoms with Crippen molar-refractivity contribution in [1.29, 1.82) is 0 Å². The van der Waals surface area contributed by atoms with Gasteiger partial charge in [-0.2, -0.15) is 0 Å². The monoisotopic (exact) mass is 306 g/mol. The van der Waals surface area contributed by atoms with Crippen LogP contribution < -0.4 is 5.73 Å². The van der Waals surface area contributed by atoms with Crippen LogP contribution >= 0.6 is 11.6 Å². The van der Waals surface area contributed by atoms with E-state index in [1.807, 2.05) is 18.0 Å². The predicted molar refractivity (Wildman–Crippen MR) is 85.9 cm³/mol. The summed E-state index contributed by atoms with van der Waals surface area (Å²) >= 11 is 5.98. The van der Waals surface area contributed by atoms with E-state index in [0.717, 1.165) is 0 Å². The van der Waals surface area contributed by atoms with Crippen molar-refractivity contribution in [3.63, 3.8) is 0 Å². The Morgan fingerprint density at radius 3 is 2.67 bits per heavy atom. The van der Waals surface area contributed by atoms with Crippen LogP contribution in [0.1, 0.15) is 22.7 Å². The van der Waals surface area contributed by atoms with Crippen LogP contribution in [0.3, 0.4) is 0 Å². The molecule has 0 spiro atoms. The third-order valence-corrected chi connectivity index (χ3v) is 3.82. The number of halogens is 2. The zero-order valence-corrected chi connectivity index (χ0v) is 13.1. The van der Waals surface area contributed by atoms with Crippen molar-refractivity contribution in [2.75, 3.05) is 13.6 Å². The van der Waals surface area contributed by atoms with Gasteiger partial charge in [0.05, 0.1) is 0 Å². The van der Waals surface area contributed by atoms with Crippen molar-refractivity contribution in [3.05, 3.63) is 70.0 Å². The van der Waals surface area contributed by atoms with Crippen molar-refractivity contribution in [2.45, 2.75) is 19.5 Å². The number of benzene rings is 2. The number of hydrogen-bond acceptors (Lipinski definition) is 2. The van der Waals surface area contributed by atoms with Gasteiger partial charge in [-0.25, -0.2) is 4.39 Å². The van der Waals surface area contributed by atoms with Gasteiger partial charge in [0, 0.05) is 29.7 Å². The second kappa shape index (κ2) is 7.03. The maximum absolute atomic E-state index is 14.0. The van der Waals surface area contributed by atoms with Gasteiger partial charge >= 0.3 is 0 Å².